The number of rotatable bonds is 5. The molecule has 0 fully saturated rings. The summed E-state index contributed by atoms with van der Waals surface area (Å²) in [6.07, 6.45) is 0. The molecular formula is C15H23BrOS. The second-order valence-electron chi connectivity index (χ2n) is 5.65. The Hall–Kier alpha value is -0.150. The topological polar surface area (TPSA) is 9.23 Å². The third-order valence-corrected chi connectivity index (χ3v) is 4.20. The van der Waals surface area contributed by atoms with Crippen LogP contribution in [0, 0.1) is 0 Å². The Kier molecular flexibility index (Phi) is 6.06. The first-order valence-electron chi connectivity index (χ1n) is 6.36. The van der Waals surface area contributed by atoms with Gasteiger partial charge in [-0.2, -0.15) is 11.8 Å². The molecule has 1 rings (SSSR count). The minimum atomic E-state index is 0.309. The van der Waals surface area contributed by atoms with Crippen molar-refractivity contribution in [2.24, 2.45) is 0 Å². The SMILES string of the molecule is CC(C)c1cc(Br)ccc1OCCSC(C)(C)C. The van der Waals surface area contributed by atoms with E-state index in [1.54, 1.807) is 0 Å². The lowest BCUT2D eigenvalue weighted by molar-refractivity contribution is 0.338. The number of ether oxygens (including phenoxy) is 1. The highest BCUT2D eigenvalue weighted by molar-refractivity contribution is 9.10. The number of halogens is 1. The van der Waals surface area contributed by atoms with Crippen molar-refractivity contribution < 1.29 is 4.74 Å². The Bertz CT molecular complexity index is 383. The third-order valence-electron chi connectivity index (χ3n) is 2.47. The largest absolute Gasteiger partial charge is 0.492 e. The van der Waals surface area contributed by atoms with Gasteiger partial charge in [0.1, 0.15) is 5.75 Å². The molecule has 0 atom stereocenters. The lowest BCUT2D eigenvalue weighted by Crippen LogP contribution is -2.12. The van der Waals surface area contributed by atoms with Crippen molar-refractivity contribution in [3.05, 3.63) is 28.2 Å². The Balaban J connectivity index is 2.57. The van der Waals surface area contributed by atoms with Crippen LogP contribution < -0.4 is 4.74 Å². The number of benzene rings is 1. The smallest absolute Gasteiger partial charge is 0.122 e. The molecule has 0 unspecified atom stereocenters. The van der Waals surface area contributed by atoms with Crippen LogP contribution in [0.3, 0.4) is 0 Å². The van der Waals surface area contributed by atoms with Gasteiger partial charge in [-0.15, -0.1) is 0 Å². The molecule has 0 aliphatic heterocycles. The van der Waals surface area contributed by atoms with E-state index in [0.29, 0.717) is 10.7 Å². The lowest BCUT2D eigenvalue weighted by atomic mass is 10.0. The van der Waals surface area contributed by atoms with Crippen molar-refractivity contribution in [3.8, 4) is 5.75 Å². The molecule has 0 aromatic heterocycles. The van der Waals surface area contributed by atoms with Gasteiger partial charge >= 0.3 is 0 Å². The molecule has 0 amide bonds. The normalized spacial score (nSPS) is 11.9. The van der Waals surface area contributed by atoms with Crippen molar-refractivity contribution in [1.82, 2.24) is 0 Å². The Morgan fingerprint density at radius 2 is 1.94 bits per heavy atom. The second kappa shape index (κ2) is 6.85. The zero-order valence-corrected chi connectivity index (χ0v) is 14.3. The summed E-state index contributed by atoms with van der Waals surface area (Å²) in [5.41, 5.74) is 1.27. The van der Waals surface area contributed by atoms with Crippen LogP contribution in [0.5, 0.6) is 5.75 Å². The Labute approximate surface area is 124 Å². The average molecular weight is 331 g/mol. The average Bonchev–Trinajstić information content (AvgIpc) is 2.24. The quantitative estimate of drug-likeness (QED) is 0.661. The minimum absolute atomic E-state index is 0.309. The molecule has 0 saturated heterocycles. The van der Waals surface area contributed by atoms with E-state index >= 15 is 0 Å². The maximum atomic E-state index is 5.91. The summed E-state index contributed by atoms with van der Waals surface area (Å²) in [4.78, 5) is 0. The predicted molar refractivity (Wildman–Crippen MR) is 85.9 cm³/mol. The van der Waals surface area contributed by atoms with E-state index in [-0.39, 0.29) is 0 Å². The summed E-state index contributed by atoms with van der Waals surface area (Å²) >= 11 is 5.45. The second-order valence-corrected chi connectivity index (χ2v) is 8.48. The number of hydrogen-bond acceptors (Lipinski definition) is 2. The fraction of sp³-hybridized carbons (Fsp3) is 0.600. The van der Waals surface area contributed by atoms with Crippen molar-refractivity contribution in [2.45, 2.75) is 45.3 Å². The van der Waals surface area contributed by atoms with Gasteiger partial charge in [-0.1, -0.05) is 50.5 Å². The van der Waals surface area contributed by atoms with E-state index in [2.05, 4.69) is 62.7 Å². The van der Waals surface area contributed by atoms with Gasteiger partial charge in [-0.05, 0) is 29.7 Å². The lowest BCUT2D eigenvalue weighted by Gasteiger charge is -2.19. The van der Waals surface area contributed by atoms with Crippen molar-refractivity contribution >= 4 is 27.7 Å². The summed E-state index contributed by atoms with van der Waals surface area (Å²) in [5, 5.41) is 0. The third kappa shape index (κ3) is 5.66. The van der Waals surface area contributed by atoms with Crippen LogP contribution in [-0.4, -0.2) is 17.1 Å². The molecule has 3 heteroatoms. The predicted octanol–water partition coefficient (Wildman–Crippen LogP) is 5.48. The first kappa shape index (κ1) is 15.9. The highest BCUT2D eigenvalue weighted by atomic mass is 79.9. The van der Waals surface area contributed by atoms with Gasteiger partial charge in [0.15, 0.2) is 0 Å². The Morgan fingerprint density at radius 1 is 1.28 bits per heavy atom. The van der Waals surface area contributed by atoms with Crippen LogP contribution in [0.15, 0.2) is 22.7 Å². The number of thioether (sulfide) groups is 1. The van der Waals surface area contributed by atoms with E-state index in [1.165, 1.54) is 5.56 Å². The van der Waals surface area contributed by atoms with Crippen LogP contribution in [0.2, 0.25) is 0 Å². The van der Waals surface area contributed by atoms with Crippen LogP contribution >= 0.6 is 27.7 Å². The summed E-state index contributed by atoms with van der Waals surface area (Å²) in [5.74, 6) is 2.52. The highest BCUT2D eigenvalue weighted by Gasteiger charge is 2.11. The molecule has 1 aromatic rings. The monoisotopic (exact) mass is 330 g/mol. The summed E-state index contributed by atoms with van der Waals surface area (Å²) in [6.45, 7) is 11.9. The molecule has 0 saturated carbocycles. The van der Waals surface area contributed by atoms with Gasteiger partial charge in [-0.3, -0.25) is 0 Å². The molecule has 0 aliphatic carbocycles. The van der Waals surface area contributed by atoms with Crippen molar-refractivity contribution in [2.75, 3.05) is 12.4 Å². The first-order valence-corrected chi connectivity index (χ1v) is 8.13. The van der Waals surface area contributed by atoms with E-state index in [0.717, 1.165) is 22.6 Å². The fourth-order valence-electron chi connectivity index (χ4n) is 1.60. The van der Waals surface area contributed by atoms with E-state index in [9.17, 15) is 0 Å². The summed E-state index contributed by atoms with van der Waals surface area (Å²) < 4.78 is 7.33. The van der Waals surface area contributed by atoms with Crippen LogP contribution in [0.1, 0.15) is 46.1 Å². The van der Waals surface area contributed by atoms with Crippen LogP contribution in [0.25, 0.3) is 0 Å². The maximum Gasteiger partial charge on any atom is 0.122 e. The molecule has 0 spiro atoms. The van der Waals surface area contributed by atoms with Gasteiger partial charge < -0.3 is 4.74 Å². The standard InChI is InChI=1S/C15H23BrOS/c1-11(2)13-10-12(16)6-7-14(13)17-8-9-18-15(3,4)5/h6-7,10-11H,8-9H2,1-5H3. The Morgan fingerprint density at radius 3 is 2.50 bits per heavy atom. The molecule has 0 N–H and O–H groups in total. The van der Waals surface area contributed by atoms with Gasteiger partial charge in [0.2, 0.25) is 0 Å². The van der Waals surface area contributed by atoms with E-state index in [1.807, 2.05) is 17.8 Å². The van der Waals surface area contributed by atoms with Gasteiger partial charge in [0.25, 0.3) is 0 Å². The van der Waals surface area contributed by atoms with E-state index in [4.69, 9.17) is 4.74 Å². The van der Waals surface area contributed by atoms with Crippen LogP contribution in [0.4, 0.5) is 0 Å². The molecule has 1 nitrogen and oxygen atoms in total. The van der Waals surface area contributed by atoms with Gasteiger partial charge in [0, 0.05) is 15.0 Å². The number of hydrogen-bond donors (Lipinski definition) is 0. The zero-order chi connectivity index (χ0) is 13.8. The van der Waals surface area contributed by atoms with Crippen molar-refractivity contribution in [1.29, 1.82) is 0 Å². The van der Waals surface area contributed by atoms with Crippen LogP contribution in [-0.2, 0) is 0 Å². The molecule has 0 aliphatic rings. The zero-order valence-electron chi connectivity index (χ0n) is 11.9. The molecule has 0 bridgehead atoms. The molecule has 0 radical (unpaired) electrons. The minimum Gasteiger partial charge on any atom is -0.492 e. The molecule has 18 heavy (non-hydrogen) atoms. The van der Waals surface area contributed by atoms with Gasteiger partial charge in [0.05, 0.1) is 6.61 Å². The highest BCUT2D eigenvalue weighted by Crippen LogP contribution is 2.30. The molecule has 0 heterocycles. The fourth-order valence-corrected chi connectivity index (χ4v) is 2.76. The van der Waals surface area contributed by atoms with Crippen molar-refractivity contribution in [3.63, 3.8) is 0 Å². The molecule has 102 valence electrons. The first-order chi connectivity index (χ1) is 8.29. The van der Waals surface area contributed by atoms with E-state index < -0.39 is 0 Å². The summed E-state index contributed by atoms with van der Waals surface area (Å²) in [7, 11) is 0. The molecule has 1 aromatic carbocycles. The summed E-state index contributed by atoms with van der Waals surface area (Å²) in [6, 6.07) is 6.25. The molecular weight excluding hydrogens is 308 g/mol. The van der Waals surface area contributed by atoms with Gasteiger partial charge in [-0.25, -0.2) is 0 Å². The maximum absolute atomic E-state index is 5.91.